The molecule has 0 aliphatic heterocycles. The topological polar surface area (TPSA) is 20.2 Å². The summed E-state index contributed by atoms with van der Waals surface area (Å²) in [6, 6.07) is 2.24. The van der Waals surface area contributed by atoms with Gasteiger partial charge in [-0.15, -0.1) is 0 Å². The van der Waals surface area contributed by atoms with Crippen LogP contribution in [0.15, 0.2) is 16.6 Å². The predicted octanol–water partition coefficient (Wildman–Crippen LogP) is 2.95. The molecule has 0 amide bonds. The number of halogens is 3. The lowest BCUT2D eigenvalue weighted by Crippen LogP contribution is -2.19. The summed E-state index contributed by atoms with van der Waals surface area (Å²) in [5.74, 6) is -1.50. The molecule has 1 aromatic carbocycles. The molecule has 0 radical (unpaired) electrons. The molecule has 0 aromatic heterocycles. The summed E-state index contributed by atoms with van der Waals surface area (Å²) in [6.07, 6.45) is 0. The van der Waals surface area contributed by atoms with Gasteiger partial charge in [0.25, 0.3) is 0 Å². The highest BCUT2D eigenvalue weighted by molar-refractivity contribution is 9.10. The van der Waals surface area contributed by atoms with Crippen LogP contribution in [-0.2, 0) is 5.60 Å². The number of rotatable bonds is 1. The van der Waals surface area contributed by atoms with Gasteiger partial charge in [-0.25, -0.2) is 8.78 Å². The zero-order chi connectivity index (χ0) is 10.2. The SMILES string of the molecule is CC(C)(O)c1c(F)cc(Br)cc1F. The van der Waals surface area contributed by atoms with E-state index in [-0.39, 0.29) is 5.56 Å². The Labute approximate surface area is 83.5 Å². The summed E-state index contributed by atoms with van der Waals surface area (Å²) >= 11 is 2.95. The van der Waals surface area contributed by atoms with E-state index in [1.807, 2.05) is 0 Å². The molecule has 0 atom stereocenters. The van der Waals surface area contributed by atoms with Gasteiger partial charge >= 0.3 is 0 Å². The van der Waals surface area contributed by atoms with Gasteiger partial charge in [-0.1, -0.05) is 15.9 Å². The average Bonchev–Trinajstić information content (AvgIpc) is 1.78. The normalized spacial score (nSPS) is 11.8. The van der Waals surface area contributed by atoms with E-state index < -0.39 is 17.2 Å². The molecule has 0 heterocycles. The highest BCUT2D eigenvalue weighted by Crippen LogP contribution is 2.28. The molecule has 0 saturated heterocycles. The molecule has 0 aliphatic rings. The third-order valence-corrected chi connectivity index (χ3v) is 2.08. The number of hydrogen-bond acceptors (Lipinski definition) is 1. The van der Waals surface area contributed by atoms with Gasteiger partial charge < -0.3 is 5.11 Å². The van der Waals surface area contributed by atoms with Gasteiger partial charge in [0.05, 0.1) is 11.2 Å². The predicted molar refractivity (Wildman–Crippen MR) is 49.3 cm³/mol. The van der Waals surface area contributed by atoms with E-state index in [4.69, 9.17) is 0 Å². The van der Waals surface area contributed by atoms with Crippen LogP contribution >= 0.6 is 15.9 Å². The first-order valence-corrected chi connectivity index (χ1v) is 4.49. The van der Waals surface area contributed by atoms with E-state index in [1.165, 1.54) is 13.8 Å². The van der Waals surface area contributed by atoms with Gasteiger partial charge in [0.15, 0.2) is 0 Å². The van der Waals surface area contributed by atoms with Crippen molar-refractivity contribution in [3.8, 4) is 0 Å². The zero-order valence-electron chi connectivity index (χ0n) is 7.24. The van der Waals surface area contributed by atoms with Gasteiger partial charge in [-0.2, -0.15) is 0 Å². The van der Waals surface area contributed by atoms with Crippen LogP contribution in [-0.4, -0.2) is 5.11 Å². The van der Waals surface area contributed by atoms with E-state index >= 15 is 0 Å². The molecule has 4 heteroatoms. The van der Waals surface area contributed by atoms with Crippen molar-refractivity contribution in [2.45, 2.75) is 19.4 Å². The van der Waals surface area contributed by atoms with Crippen LogP contribution in [0.25, 0.3) is 0 Å². The summed E-state index contributed by atoms with van der Waals surface area (Å²) in [7, 11) is 0. The van der Waals surface area contributed by atoms with Crippen LogP contribution in [0.1, 0.15) is 19.4 Å². The van der Waals surface area contributed by atoms with Crippen molar-refractivity contribution < 1.29 is 13.9 Å². The molecule has 1 aromatic rings. The van der Waals surface area contributed by atoms with Crippen LogP contribution < -0.4 is 0 Å². The average molecular weight is 251 g/mol. The lowest BCUT2D eigenvalue weighted by molar-refractivity contribution is 0.0702. The minimum absolute atomic E-state index is 0.310. The molecule has 0 spiro atoms. The maximum absolute atomic E-state index is 13.2. The van der Waals surface area contributed by atoms with E-state index in [2.05, 4.69) is 15.9 Å². The highest BCUT2D eigenvalue weighted by Gasteiger charge is 2.25. The van der Waals surface area contributed by atoms with Crippen molar-refractivity contribution in [2.75, 3.05) is 0 Å². The van der Waals surface area contributed by atoms with Gasteiger partial charge in [0.2, 0.25) is 0 Å². The van der Waals surface area contributed by atoms with E-state index in [1.54, 1.807) is 0 Å². The van der Waals surface area contributed by atoms with E-state index in [0.717, 1.165) is 12.1 Å². The first-order valence-electron chi connectivity index (χ1n) is 3.70. The monoisotopic (exact) mass is 250 g/mol. The minimum atomic E-state index is -1.51. The number of hydrogen-bond donors (Lipinski definition) is 1. The Morgan fingerprint density at radius 1 is 1.23 bits per heavy atom. The summed E-state index contributed by atoms with van der Waals surface area (Å²) < 4.78 is 26.7. The Kier molecular flexibility index (Phi) is 2.73. The van der Waals surface area contributed by atoms with Crippen molar-refractivity contribution >= 4 is 15.9 Å². The molecular formula is C9H9BrF2O. The molecular weight excluding hydrogens is 242 g/mol. The molecule has 1 nitrogen and oxygen atoms in total. The number of benzene rings is 1. The second-order valence-electron chi connectivity index (χ2n) is 3.30. The van der Waals surface area contributed by atoms with Crippen molar-refractivity contribution in [1.29, 1.82) is 0 Å². The van der Waals surface area contributed by atoms with Crippen LogP contribution in [0, 0.1) is 11.6 Å². The van der Waals surface area contributed by atoms with Crippen LogP contribution in [0.4, 0.5) is 8.78 Å². The summed E-state index contributed by atoms with van der Waals surface area (Å²) in [6.45, 7) is 2.67. The largest absolute Gasteiger partial charge is 0.386 e. The first-order chi connectivity index (χ1) is 5.82. The standard InChI is InChI=1S/C9H9BrF2O/c1-9(2,13)8-6(11)3-5(10)4-7(8)12/h3-4,13H,1-2H3. The molecule has 0 bridgehead atoms. The Morgan fingerprint density at radius 2 is 1.62 bits per heavy atom. The quantitative estimate of drug-likeness (QED) is 0.813. The molecule has 0 aliphatic carbocycles. The Hall–Kier alpha value is -0.480. The summed E-state index contributed by atoms with van der Waals surface area (Å²) in [4.78, 5) is 0. The second-order valence-corrected chi connectivity index (χ2v) is 4.22. The highest BCUT2D eigenvalue weighted by atomic mass is 79.9. The number of aliphatic hydroxyl groups is 1. The van der Waals surface area contributed by atoms with Crippen LogP contribution in [0.5, 0.6) is 0 Å². The molecule has 13 heavy (non-hydrogen) atoms. The zero-order valence-corrected chi connectivity index (χ0v) is 8.82. The molecule has 0 saturated carbocycles. The van der Waals surface area contributed by atoms with E-state index in [0.29, 0.717) is 4.47 Å². The third-order valence-electron chi connectivity index (χ3n) is 1.62. The van der Waals surface area contributed by atoms with Gasteiger partial charge in [0.1, 0.15) is 11.6 Å². The molecule has 0 fully saturated rings. The molecule has 1 N–H and O–H groups in total. The van der Waals surface area contributed by atoms with Gasteiger partial charge in [0, 0.05) is 4.47 Å². The smallest absolute Gasteiger partial charge is 0.133 e. The van der Waals surface area contributed by atoms with Crippen molar-refractivity contribution in [3.63, 3.8) is 0 Å². The van der Waals surface area contributed by atoms with Crippen LogP contribution in [0.3, 0.4) is 0 Å². The fraction of sp³-hybridized carbons (Fsp3) is 0.333. The van der Waals surface area contributed by atoms with Crippen molar-refractivity contribution in [3.05, 3.63) is 33.8 Å². The lowest BCUT2D eigenvalue weighted by atomic mass is 9.97. The van der Waals surface area contributed by atoms with Crippen molar-refractivity contribution in [1.82, 2.24) is 0 Å². The molecule has 0 unspecified atom stereocenters. The molecule has 72 valence electrons. The van der Waals surface area contributed by atoms with Gasteiger partial charge in [-0.05, 0) is 26.0 Å². The Balaban J connectivity index is 3.38. The maximum atomic E-state index is 13.2. The maximum Gasteiger partial charge on any atom is 0.133 e. The van der Waals surface area contributed by atoms with Crippen LogP contribution in [0.2, 0.25) is 0 Å². The van der Waals surface area contributed by atoms with Gasteiger partial charge in [-0.3, -0.25) is 0 Å². The van der Waals surface area contributed by atoms with Crippen molar-refractivity contribution in [2.24, 2.45) is 0 Å². The fourth-order valence-electron chi connectivity index (χ4n) is 1.13. The lowest BCUT2D eigenvalue weighted by Gasteiger charge is -2.19. The first kappa shape index (κ1) is 10.6. The fourth-order valence-corrected chi connectivity index (χ4v) is 1.53. The molecule has 1 rings (SSSR count). The summed E-state index contributed by atoms with van der Waals surface area (Å²) in [5, 5.41) is 9.45. The Morgan fingerprint density at radius 3 is 1.92 bits per heavy atom. The van der Waals surface area contributed by atoms with E-state index in [9.17, 15) is 13.9 Å². The second kappa shape index (κ2) is 3.35. The minimum Gasteiger partial charge on any atom is -0.386 e. The Bertz CT molecular complexity index is 308. The summed E-state index contributed by atoms with van der Waals surface area (Å²) in [5.41, 5.74) is -1.81. The third kappa shape index (κ3) is 2.25.